The molecule has 0 saturated carbocycles. The highest BCUT2D eigenvalue weighted by Crippen LogP contribution is 2.19. The van der Waals surface area contributed by atoms with E-state index >= 15 is 0 Å². The lowest BCUT2D eigenvalue weighted by Crippen LogP contribution is -1.93. The molecule has 5 heteroatoms. The van der Waals surface area contributed by atoms with Crippen molar-refractivity contribution in [3.8, 4) is 11.6 Å². The van der Waals surface area contributed by atoms with Gasteiger partial charge in [-0.15, -0.1) is 0 Å². The predicted molar refractivity (Wildman–Crippen MR) is 57.1 cm³/mol. The fraction of sp³-hybridized carbons (Fsp3) is 0.200. The van der Waals surface area contributed by atoms with E-state index in [4.69, 9.17) is 4.74 Å². The Hall–Kier alpha value is -2.04. The van der Waals surface area contributed by atoms with Crippen LogP contribution >= 0.6 is 0 Å². The average molecular weight is 204 g/mol. The Morgan fingerprint density at radius 2 is 2.27 bits per heavy atom. The second-order valence-corrected chi connectivity index (χ2v) is 3.06. The zero-order valence-electron chi connectivity index (χ0n) is 8.64. The molecule has 5 nitrogen and oxygen atoms in total. The molecule has 0 fully saturated rings. The smallest absolute Gasteiger partial charge is 0.221 e. The predicted octanol–water partition coefficient (Wildman–Crippen LogP) is 1.65. The van der Waals surface area contributed by atoms with Gasteiger partial charge in [-0.05, 0) is 6.07 Å². The summed E-state index contributed by atoms with van der Waals surface area (Å²) in [6, 6.07) is 5.55. The highest BCUT2D eigenvalue weighted by atomic mass is 16.5. The minimum atomic E-state index is 0.551. The maximum Gasteiger partial charge on any atom is 0.221 e. The van der Waals surface area contributed by atoms with E-state index in [1.165, 1.54) is 0 Å². The van der Waals surface area contributed by atoms with Crippen LogP contribution in [0.3, 0.4) is 0 Å². The monoisotopic (exact) mass is 204 g/mol. The van der Waals surface area contributed by atoms with E-state index in [1.54, 1.807) is 23.1 Å². The molecular formula is C10H12N4O. The van der Waals surface area contributed by atoms with E-state index in [9.17, 15) is 0 Å². The number of aryl methyl sites for hydroxylation is 1. The van der Waals surface area contributed by atoms with Gasteiger partial charge in [-0.2, -0.15) is 10.1 Å². The van der Waals surface area contributed by atoms with E-state index in [0.29, 0.717) is 11.6 Å². The lowest BCUT2D eigenvalue weighted by atomic mass is 10.4. The molecule has 0 bridgehead atoms. The van der Waals surface area contributed by atoms with Crippen molar-refractivity contribution in [3.05, 3.63) is 30.6 Å². The summed E-state index contributed by atoms with van der Waals surface area (Å²) in [4.78, 5) is 4.23. The number of nitrogens with one attached hydrogen (secondary N) is 1. The standard InChI is InChI=1S/C10H12N4O/c1-11-9-4-3-5-10(13-9)15-8-6-12-14(2)7-8/h3-7H,1-2H3,(H,11,13). The van der Waals surface area contributed by atoms with Crippen LogP contribution in [0.15, 0.2) is 30.6 Å². The zero-order valence-corrected chi connectivity index (χ0v) is 8.64. The van der Waals surface area contributed by atoms with E-state index < -0.39 is 0 Å². The van der Waals surface area contributed by atoms with E-state index in [-0.39, 0.29) is 0 Å². The van der Waals surface area contributed by atoms with Gasteiger partial charge < -0.3 is 10.1 Å². The molecule has 1 N–H and O–H groups in total. The van der Waals surface area contributed by atoms with Crippen molar-refractivity contribution in [1.29, 1.82) is 0 Å². The topological polar surface area (TPSA) is 52.0 Å². The van der Waals surface area contributed by atoms with Crippen molar-refractivity contribution < 1.29 is 4.74 Å². The summed E-state index contributed by atoms with van der Waals surface area (Å²) in [5.74, 6) is 2.00. The van der Waals surface area contributed by atoms with Gasteiger partial charge in [0.25, 0.3) is 0 Å². The van der Waals surface area contributed by atoms with E-state index in [2.05, 4.69) is 15.4 Å². The number of hydrogen-bond donors (Lipinski definition) is 1. The van der Waals surface area contributed by atoms with Crippen LogP contribution in [0.2, 0.25) is 0 Å². The van der Waals surface area contributed by atoms with Crippen LogP contribution < -0.4 is 10.1 Å². The SMILES string of the molecule is CNc1cccc(Oc2cnn(C)c2)n1. The van der Waals surface area contributed by atoms with E-state index in [0.717, 1.165) is 5.82 Å². The van der Waals surface area contributed by atoms with Crippen LogP contribution in [0.4, 0.5) is 5.82 Å². The second-order valence-electron chi connectivity index (χ2n) is 3.06. The molecule has 0 spiro atoms. The first-order chi connectivity index (χ1) is 7.28. The van der Waals surface area contributed by atoms with Gasteiger partial charge in [-0.3, -0.25) is 4.68 Å². The molecule has 2 aromatic rings. The summed E-state index contributed by atoms with van der Waals surface area (Å²) in [5.41, 5.74) is 0. The first-order valence-corrected chi connectivity index (χ1v) is 4.59. The normalized spacial score (nSPS) is 10.0. The molecule has 2 rings (SSSR count). The third kappa shape index (κ3) is 2.25. The number of aromatic nitrogens is 3. The summed E-state index contributed by atoms with van der Waals surface area (Å²) in [6.45, 7) is 0. The van der Waals surface area contributed by atoms with Crippen LogP contribution in [-0.2, 0) is 7.05 Å². The quantitative estimate of drug-likeness (QED) is 0.825. The van der Waals surface area contributed by atoms with Crippen LogP contribution in [0.25, 0.3) is 0 Å². The van der Waals surface area contributed by atoms with Gasteiger partial charge >= 0.3 is 0 Å². The Labute approximate surface area is 87.7 Å². The highest BCUT2D eigenvalue weighted by Gasteiger charge is 2.01. The van der Waals surface area contributed by atoms with Gasteiger partial charge in [0.05, 0.1) is 12.4 Å². The molecule has 2 aromatic heterocycles. The Bertz CT molecular complexity index is 452. The molecule has 0 aliphatic heterocycles. The molecule has 0 amide bonds. The molecule has 0 saturated heterocycles. The Morgan fingerprint density at radius 1 is 1.40 bits per heavy atom. The minimum Gasteiger partial charge on any atom is -0.436 e. The van der Waals surface area contributed by atoms with E-state index in [1.807, 2.05) is 26.2 Å². The molecule has 0 unspecified atom stereocenters. The molecule has 0 atom stereocenters. The number of rotatable bonds is 3. The second kappa shape index (κ2) is 4.00. The van der Waals surface area contributed by atoms with Gasteiger partial charge in [-0.1, -0.05) is 6.07 Å². The van der Waals surface area contributed by atoms with Crippen molar-refractivity contribution in [3.63, 3.8) is 0 Å². The van der Waals surface area contributed by atoms with Gasteiger partial charge in [0.15, 0.2) is 5.75 Å². The first-order valence-electron chi connectivity index (χ1n) is 4.59. The fourth-order valence-corrected chi connectivity index (χ4v) is 1.18. The largest absolute Gasteiger partial charge is 0.436 e. The molecular weight excluding hydrogens is 192 g/mol. The van der Waals surface area contributed by atoms with Crippen LogP contribution in [0, 0.1) is 0 Å². The summed E-state index contributed by atoms with van der Waals surface area (Å²) in [5, 5.41) is 6.95. The van der Waals surface area contributed by atoms with Crippen molar-refractivity contribution in [2.24, 2.45) is 7.05 Å². The number of ether oxygens (including phenoxy) is 1. The van der Waals surface area contributed by atoms with Crippen LogP contribution in [-0.4, -0.2) is 21.8 Å². The molecule has 15 heavy (non-hydrogen) atoms. The number of nitrogens with zero attached hydrogens (tertiary/aromatic N) is 3. The lowest BCUT2D eigenvalue weighted by Gasteiger charge is -2.03. The van der Waals surface area contributed by atoms with Crippen LogP contribution in [0.5, 0.6) is 11.6 Å². The third-order valence-corrected chi connectivity index (χ3v) is 1.88. The first kappa shape index (κ1) is 9.51. The summed E-state index contributed by atoms with van der Waals surface area (Å²) in [6.07, 6.45) is 3.43. The Morgan fingerprint density at radius 3 is 2.93 bits per heavy atom. The number of hydrogen-bond acceptors (Lipinski definition) is 4. The summed E-state index contributed by atoms with van der Waals surface area (Å²) in [7, 11) is 3.65. The van der Waals surface area contributed by atoms with Gasteiger partial charge in [0.1, 0.15) is 5.82 Å². The summed E-state index contributed by atoms with van der Waals surface area (Å²) < 4.78 is 7.19. The molecule has 0 aliphatic carbocycles. The summed E-state index contributed by atoms with van der Waals surface area (Å²) >= 11 is 0. The maximum absolute atomic E-state index is 5.51. The average Bonchev–Trinajstić information content (AvgIpc) is 2.64. The van der Waals surface area contributed by atoms with Gasteiger partial charge in [-0.25, -0.2) is 0 Å². The Kier molecular flexibility index (Phi) is 2.53. The Balaban J connectivity index is 2.16. The van der Waals surface area contributed by atoms with Gasteiger partial charge in [0.2, 0.25) is 5.88 Å². The fourth-order valence-electron chi connectivity index (χ4n) is 1.18. The molecule has 78 valence electrons. The third-order valence-electron chi connectivity index (χ3n) is 1.88. The van der Waals surface area contributed by atoms with Crippen molar-refractivity contribution in [2.75, 3.05) is 12.4 Å². The number of anilines is 1. The van der Waals surface area contributed by atoms with Crippen molar-refractivity contribution in [2.45, 2.75) is 0 Å². The van der Waals surface area contributed by atoms with Crippen LogP contribution in [0.1, 0.15) is 0 Å². The van der Waals surface area contributed by atoms with Crippen molar-refractivity contribution in [1.82, 2.24) is 14.8 Å². The minimum absolute atomic E-state index is 0.551. The molecule has 0 aliphatic rings. The zero-order chi connectivity index (χ0) is 10.7. The van der Waals surface area contributed by atoms with Crippen molar-refractivity contribution >= 4 is 5.82 Å². The molecule has 0 aromatic carbocycles. The molecule has 2 heterocycles. The highest BCUT2D eigenvalue weighted by molar-refractivity contribution is 5.37. The van der Waals surface area contributed by atoms with Gasteiger partial charge in [0, 0.05) is 20.2 Å². The molecule has 0 radical (unpaired) electrons. The number of pyridine rings is 1. The lowest BCUT2D eigenvalue weighted by molar-refractivity contribution is 0.463. The maximum atomic E-state index is 5.51.